The Morgan fingerprint density at radius 3 is 2.88 bits per heavy atom. The summed E-state index contributed by atoms with van der Waals surface area (Å²) in [6, 6.07) is 6.29. The molecule has 0 radical (unpaired) electrons. The second-order valence-corrected chi connectivity index (χ2v) is 6.95. The van der Waals surface area contributed by atoms with E-state index in [2.05, 4.69) is 63.8 Å². The lowest BCUT2D eigenvalue weighted by atomic mass is 10.1. The van der Waals surface area contributed by atoms with Gasteiger partial charge in [0.05, 0.1) is 34.7 Å². The van der Waals surface area contributed by atoms with E-state index in [4.69, 9.17) is 4.42 Å². The molecule has 0 saturated carbocycles. The van der Waals surface area contributed by atoms with Crippen molar-refractivity contribution in [2.24, 2.45) is 0 Å². The van der Waals surface area contributed by atoms with Crippen LogP contribution in [-0.4, -0.2) is 29.5 Å². The van der Waals surface area contributed by atoms with E-state index >= 15 is 0 Å². The minimum atomic E-state index is 0.308. The summed E-state index contributed by atoms with van der Waals surface area (Å²) in [5, 5.41) is 8.39. The van der Waals surface area contributed by atoms with Crippen molar-refractivity contribution >= 4 is 0 Å². The maximum absolute atomic E-state index is 5.73. The Morgan fingerprint density at radius 2 is 2.08 bits per heavy atom. The third kappa shape index (κ3) is 2.13. The molecule has 130 valence electrons. The molecule has 0 aliphatic carbocycles. The van der Waals surface area contributed by atoms with Crippen LogP contribution in [-0.2, 0) is 6.42 Å². The summed E-state index contributed by atoms with van der Waals surface area (Å²) in [5.41, 5.74) is 6.90. The molecule has 0 fully saturated rings. The van der Waals surface area contributed by atoms with Gasteiger partial charge in [-0.05, 0) is 30.5 Å². The number of hydrogen-bond donors (Lipinski definition) is 0. The van der Waals surface area contributed by atoms with E-state index in [0.29, 0.717) is 18.2 Å². The Kier molecular flexibility index (Phi) is 3.12. The number of aryl methyl sites for hydroxylation is 1. The van der Waals surface area contributed by atoms with Crippen molar-refractivity contribution in [1.29, 1.82) is 0 Å². The van der Waals surface area contributed by atoms with Gasteiger partial charge in [-0.25, -0.2) is 14.6 Å². The first-order chi connectivity index (χ1) is 12.6. The van der Waals surface area contributed by atoms with Crippen LogP contribution in [0.1, 0.15) is 42.4 Å². The van der Waals surface area contributed by atoms with Gasteiger partial charge in [0.15, 0.2) is 0 Å². The van der Waals surface area contributed by atoms with E-state index in [9.17, 15) is 0 Å². The standard InChI is InChI=1S/C19H18N6O/c1-11(2)14-9-26-19(22-14)18-17-7-13-8-21-23-25(13)16-6-12(3)4-5-15(16)24(17)10-20-18/h4-6,8-11H,7H2,1-3H3. The molecule has 3 aromatic heterocycles. The largest absolute Gasteiger partial charge is 0.443 e. The number of benzene rings is 1. The molecule has 0 N–H and O–H groups in total. The smallest absolute Gasteiger partial charge is 0.247 e. The lowest BCUT2D eigenvalue weighted by Gasteiger charge is -2.10. The van der Waals surface area contributed by atoms with Crippen LogP contribution in [0.2, 0.25) is 0 Å². The molecule has 0 amide bonds. The Balaban J connectivity index is 1.74. The number of aromatic nitrogens is 6. The Labute approximate surface area is 150 Å². The molecular formula is C19H18N6O. The second kappa shape index (κ2) is 5.39. The van der Waals surface area contributed by atoms with Crippen LogP contribution in [0.4, 0.5) is 0 Å². The normalized spacial score (nSPS) is 12.6. The van der Waals surface area contributed by atoms with Crippen molar-refractivity contribution in [3.05, 3.63) is 59.6 Å². The van der Waals surface area contributed by atoms with Crippen LogP contribution in [0.5, 0.6) is 0 Å². The summed E-state index contributed by atoms with van der Waals surface area (Å²) in [4.78, 5) is 9.24. The summed E-state index contributed by atoms with van der Waals surface area (Å²) in [7, 11) is 0. The highest BCUT2D eigenvalue weighted by atomic mass is 16.3. The molecule has 4 aromatic rings. The molecular weight excluding hydrogens is 328 g/mol. The molecule has 7 nitrogen and oxygen atoms in total. The third-order valence-corrected chi connectivity index (χ3v) is 4.77. The van der Waals surface area contributed by atoms with Gasteiger partial charge in [-0.15, -0.1) is 5.10 Å². The highest BCUT2D eigenvalue weighted by Gasteiger charge is 2.26. The molecule has 26 heavy (non-hydrogen) atoms. The van der Waals surface area contributed by atoms with Crippen LogP contribution < -0.4 is 0 Å². The first-order valence-corrected chi connectivity index (χ1v) is 8.65. The number of hydrogen-bond acceptors (Lipinski definition) is 5. The summed E-state index contributed by atoms with van der Waals surface area (Å²) in [5.74, 6) is 0.861. The Bertz CT molecular complexity index is 1120. The van der Waals surface area contributed by atoms with E-state index in [1.807, 2.05) is 11.0 Å². The molecule has 4 heterocycles. The lowest BCUT2D eigenvalue weighted by Crippen LogP contribution is -2.03. The minimum Gasteiger partial charge on any atom is -0.443 e. The van der Waals surface area contributed by atoms with Crippen LogP contribution in [0.25, 0.3) is 23.0 Å². The number of nitrogens with zero attached hydrogens (tertiary/aromatic N) is 6. The zero-order chi connectivity index (χ0) is 17.8. The average molecular weight is 346 g/mol. The average Bonchev–Trinajstić information content (AvgIpc) is 3.33. The first-order valence-electron chi connectivity index (χ1n) is 8.65. The van der Waals surface area contributed by atoms with Gasteiger partial charge in [0.1, 0.15) is 18.3 Å². The Hall–Kier alpha value is -3.22. The van der Waals surface area contributed by atoms with Gasteiger partial charge in [-0.1, -0.05) is 25.1 Å². The van der Waals surface area contributed by atoms with E-state index in [1.54, 1.807) is 12.5 Å². The zero-order valence-electron chi connectivity index (χ0n) is 14.8. The van der Waals surface area contributed by atoms with Gasteiger partial charge < -0.3 is 4.42 Å². The van der Waals surface area contributed by atoms with Crippen LogP contribution in [0.3, 0.4) is 0 Å². The van der Waals surface area contributed by atoms with Crippen molar-refractivity contribution in [2.45, 2.75) is 33.1 Å². The minimum absolute atomic E-state index is 0.308. The zero-order valence-corrected chi connectivity index (χ0v) is 14.8. The summed E-state index contributed by atoms with van der Waals surface area (Å²) in [6.07, 6.45) is 5.99. The maximum atomic E-state index is 5.73. The number of rotatable bonds is 2. The summed E-state index contributed by atoms with van der Waals surface area (Å²) in [6.45, 7) is 6.26. The highest BCUT2D eigenvalue weighted by molar-refractivity contribution is 5.62. The molecule has 1 aromatic carbocycles. The summed E-state index contributed by atoms with van der Waals surface area (Å²) < 4.78 is 9.72. The molecule has 7 heteroatoms. The van der Waals surface area contributed by atoms with Crippen LogP contribution in [0, 0.1) is 6.92 Å². The number of fused-ring (bicyclic) bond motifs is 5. The molecule has 0 unspecified atom stereocenters. The molecule has 0 saturated heterocycles. The van der Waals surface area contributed by atoms with Crippen LogP contribution >= 0.6 is 0 Å². The third-order valence-electron chi connectivity index (χ3n) is 4.77. The SMILES string of the molecule is Cc1ccc2c(c1)-n1nncc1Cc1c(-c3nc(C(C)C)co3)ncn1-2. The van der Waals surface area contributed by atoms with Gasteiger partial charge in [0.2, 0.25) is 5.89 Å². The molecule has 0 spiro atoms. The van der Waals surface area contributed by atoms with Crippen molar-refractivity contribution in [1.82, 2.24) is 29.5 Å². The van der Waals surface area contributed by atoms with E-state index in [0.717, 1.165) is 34.2 Å². The fourth-order valence-electron chi connectivity index (χ4n) is 3.35. The highest BCUT2D eigenvalue weighted by Crippen LogP contribution is 2.33. The molecule has 1 aliphatic heterocycles. The van der Waals surface area contributed by atoms with Crippen molar-refractivity contribution < 1.29 is 4.42 Å². The molecule has 1 aliphatic rings. The van der Waals surface area contributed by atoms with E-state index < -0.39 is 0 Å². The van der Waals surface area contributed by atoms with Gasteiger partial charge in [0, 0.05) is 6.42 Å². The predicted octanol–water partition coefficient (Wildman–Crippen LogP) is 3.44. The fourth-order valence-corrected chi connectivity index (χ4v) is 3.35. The quantitative estimate of drug-likeness (QED) is 0.489. The maximum Gasteiger partial charge on any atom is 0.247 e. The van der Waals surface area contributed by atoms with Gasteiger partial charge >= 0.3 is 0 Å². The molecule has 0 bridgehead atoms. The predicted molar refractivity (Wildman–Crippen MR) is 95.6 cm³/mol. The molecule has 0 atom stereocenters. The van der Waals surface area contributed by atoms with E-state index in [1.165, 1.54) is 5.56 Å². The van der Waals surface area contributed by atoms with Gasteiger partial charge in [-0.2, -0.15) is 0 Å². The fraction of sp³-hybridized carbons (Fsp3) is 0.263. The Morgan fingerprint density at radius 1 is 1.19 bits per heavy atom. The molecule has 5 rings (SSSR count). The monoisotopic (exact) mass is 346 g/mol. The number of imidazole rings is 1. The lowest BCUT2D eigenvalue weighted by molar-refractivity contribution is 0.568. The van der Waals surface area contributed by atoms with Crippen LogP contribution in [0.15, 0.2) is 41.4 Å². The van der Waals surface area contributed by atoms with Gasteiger partial charge in [0.25, 0.3) is 0 Å². The van der Waals surface area contributed by atoms with Crippen molar-refractivity contribution in [3.63, 3.8) is 0 Å². The topological polar surface area (TPSA) is 74.6 Å². The van der Waals surface area contributed by atoms with Crippen molar-refractivity contribution in [3.8, 4) is 23.0 Å². The second-order valence-electron chi connectivity index (χ2n) is 6.95. The summed E-state index contributed by atoms with van der Waals surface area (Å²) >= 11 is 0. The van der Waals surface area contributed by atoms with E-state index in [-0.39, 0.29) is 0 Å². The van der Waals surface area contributed by atoms with Crippen molar-refractivity contribution in [2.75, 3.05) is 0 Å². The first kappa shape index (κ1) is 15.1. The van der Waals surface area contributed by atoms with Gasteiger partial charge in [-0.3, -0.25) is 4.57 Å². The number of oxazole rings is 1.